The quantitative estimate of drug-likeness (QED) is 0.542. The maximum atomic E-state index is 11.3. The number of benzene rings is 2. The predicted molar refractivity (Wildman–Crippen MR) is 114 cm³/mol. The van der Waals surface area contributed by atoms with E-state index in [0.29, 0.717) is 17.1 Å². The molecule has 0 aliphatic carbocycles. The average molecular weight is 389 g/mol. The van der Waals surface area contributed by atoms with E-state index in [0.717, 1.165) is 55.0 Å². The van der Waals surface area contributed by atoms with Crippen molar-refractivity contribution in [3.63, 3.8) is 0 Å². The number of hydrogen-bond donors (Lipinski definition) is 0. The molecule has 0 unspecified atom stereocenters. The molecule has 1 aliphatic rings. The molecule has 0 amide bonds. The Balaban J connectivity index is 1.51. The minimum Gasteiger partial charge on any atom is -0.457 e. The standard InChI is InChI=1S/C24H27N3O2/c1-3-18-6-7-20(17-28)23(14-18)29-21-10-8-19(9-11-21)22-15-25-24(26(22)2)16-27-12-4-5-13-27/h6-11,14-15,17H,3-5,12-13,16H2,1-2H3. The first-order chi connectivity index (χ1) is 14.2. The van der Waals surface area contributed by atoms with Crippen LogP contribution in [0.15, 0.2) is 48.7 Å². The molecule has 1 fully saturated rings. The third-order valence-corrected chi connectivity index (χ3v) is 5.64. The summed E-state index contributed by atoms with van der Waals surface area (Å²) in [6, 6.07) is 13.7. The molecule has 0 spiro atoms. The fraction of sp³-hybridized carbons (Fsp3) is 0.333. The lowest BCUT2D eigenvalue weighted by Gasteiger charge is -2.14. The van der Waals surface area contributed by atoms with Crippen LogP contribution in [0.4, 0.5) is 0 Å². The Morgan fingerprint density at radius 1 is 1.10 bits per heavy atom. The summed E-state index contributed by atoms with van der Waals surface area (Å²) < 4.78 is 8.17. The van der Waals surface area contributed by atoms with Gasteiger partial charge in [-0.2, -0.15) is 0 Å². The number of aryl methyl sites for hydroxylation is 1. The van der Waals surface area contributed by atoms with E-state index >= 15 is 0 Å². The zero-order valence-electron chi connectivity index (χ0n) is 17.1. The number of hydrogen-bond acceptors (Lipinski definition) is 4. The molecule has 0 bridgehead atoms. The van der Waals surface area contributed by atoms with Crippen LogP contribution in [0.1, 0.15) is 41.5 Å². The van der Waals surface area contributed by atoms with Crippen LogP contribution in [0.2, 0.25) is 0 Å². The molecule has 5 nitrogen and oxygen atoms in total. The van der Waals surface area contributed by atoms with Gasteiger partial charge in [-0.15, -0.1) is 0 Å². The third-order valence-electron chi connectivity index (χ3n) is 5.64. The van der Waals surface area contributed by atoms with E-state index in [2.05, 4.69) is 28.4 Å². The van der Waals surface area contributed by atoms with Crippen molar-refractivity contribution in [2.24, 2.45) is 7.05 Å². The first-order valence-electron chi connectivity index (χ1n) is 10.3. The first-order valence-corrected chi connectivity index (χ1v) is 10.3. The Morgan fingerprint density at radius 2 is 1.86 bits per heavy atom. The first kappa shape index (κ1) is 19.4. The second kappa shape index (κ2) is 8.62. The highest BCUT2D eigenvalue weighted by Crippen LogP contribution is 2.29. The van der Waals surface area contributed by atoms with E-state index < -0.39 is 0 Å². The highest BCUT2D eigenvalue weighted by Gasteiger charge is 2.16. The zero-order valence-corrected chi connectivity index (χ0v) is 17.1. The van der Waals surface area contributed by atoms with E-state index in [1.807, 2.05) is 48.7 Å². The van der Waals surface area contributed by atoms with Crippen molar-refractivity contribution in [1.29, 1.82) is 0 Å². The minimum absolute atomic E-state index is 0.560. The zero-order chi connectivity index (χ0) is 20.2. The predicted octanol–water partition coefficient (Wildman–Crippen LogP) is 4.85. The summed E-state index contributed by atoms with van der Waals surface area (Å²) in [5.74, 6) is 2.40. The van der Waals surface area contributed by atoms with Crippen LogP contribution < -0.4 is 4.74 Å². The van der Waals surface area contributed by atoms with Gasteiger partial charge in [0, 0.05) is 12.6 Å². The van der Waals surface area contributed by atoms with E-state index in [-0.39, 0.29) is 0 Å². The number of likely N-dealkylation sites (tertiary alicyclic amines) is 1. The lowest BCUT2D eigenvalue weighted by molar-refractivity contribution is 0.112. The van der Waals surface area contributed by atoms with Crippen molar-refractivity contribution >= 4 is 6.29 Å². The molecular weight excluding hydrogens is 362 g/mol. The van der Waals surface area contributed by atoms with Crippen LogP contribution in [-0.4, -0.2) is 33.8 Å². The SMILES string of the molecule is CCc1ccc(C=O)c(Oc2ccc(-c3cnc(CN4CCCC4)n3C)cc2)c1. The van der Waals surface area contributed by atoms with Gasteiger partial charge >= 0.3 is 0 Å². The number of carbonyl (C=O) groups is 1. The Kier molecular flexibility index (Phi) is 5.76. The van der Waals surface area contributed by atoms with Gasteiger partial charge in [0.25, 0.3) is 0 Å². The van der Waals surface area contributed by atoms with Crippen LogP contribution in [-0.2, 0) is 20.0 Å². The molecule has 2 aromatic carbocycles. The molecule has 4 rings (SSSR count). The number of rotatable bonds is 7. The Labute approximate surface area is 171 Å². The van der Waals surface area contributed by atoms with Gasteiger partial charge in [-0.25, -0.2) is 4.98 Å². The van der Waals surface area contributed by atoms with E-state index in [1.165, 1.54) is 12.8 Å². The average Bonchev–Trinajstić information content (AvgIpc) is 3.39. The largest absolute Gasteiger partial charge is 0.457 e. The molecular formula is C24H27N3O2. The minimum atomic E-state index is 0.560. The number of imidazole rings is 1. The molecule has 29 heavy (non-hydrogen) atoms. The Morgan fingerprint density at radius 3 is 2.55 bits per heavy atom. The monoisotopic (exact) mass is 389 g/mol. The van der Waals surface area contributed by atoms with Gasteiger partial charge in [-0.05, 0) is 74.3 Å². The van der Waals surface area contributed by atoms with Gasteiger partial charge < -0.3 is 9.30 Å². The molecule has 0 saturated carbocycles. The topological polar surface area (TPSA) is 47.4 Å². The van der Waals surface area contributed by atoms with Crippen molar-refractivity contribution in [3.05, 3.63) is 65.6 Å². The van der Waals surface area contributed by atoms with Crippen molar-refractivity contribution in [2.45, 2.75) is 32.7 Å². The van der Waals surface area contributed by atoms with Crippen molar-refractivity contribution in [2.75, 3.05) is 13.1 Å². The molecule has 1 aliphatic heterocycles. The van der Waals surface area contributed by atoms with E-state index in [9.17, 15) is 4.79 Å². The van der Waals surface area contributed by atoms with Crippen LogP contribution in [0.5, 0.6) is 11.5 Å². The van der Waals surface area contributed by atoms with Gasteiger partial charge in [-0.1, -0.05) is 13.0 Å². The molecule has 1 saturated heterocycles. The number of aromatic nitrogens is 2. The van der Waals surface area contributed by atoms with E-state index in [1.54, 1.807) is 0 Å². The number of aldehydes is 1. The van der Waals surface area contributed by atoms with Gasteiger partial charge in [0.2, 0.25) is 0 Å². The van der Waals surface area contributed by atoms with Gasteiger partial charge in [0.05, 0.1) is 24.0 Å². The number of carbonyl (C=O) groups excluding carboxylic acids is 1. The maximum absolute atomic E-state index is 11.3. The summed E-state index contributed by atoms with van der Waals surface area (Å²) in [5, 5.41) is 0. The summed E-state index contributed by atoms with van der Waals surface area (Å²) in [7, 11) is 2.07. The number of ether oxygens (including phenoxy) is 1. The second-order valence-corrected chi connectivity index (χ2v) is 7.57. The molecule has 0 radical (unpaired) electrons. The van der Waals surface area contributed by atoms with Gasteiger partial charge in [-0.3, -0.25) is 9.69 Å². The van der Waals surface area contributed by atoms with Crippen molar-refractivity contribution < 1.29 is 9.53 Å². The lowest BCUT2D eigenvalue weighted by Crippen LogP contribution is -2.20. The van der Waals surface area contributed by atoms with Crippen LogP contribution in [0.25, 0.3) is 11.3 Å². The Bertz CT molecular complexity index is 986. The molecule has 2 heterocycles. The number of nitrogens with zero attached hydrogens (tertiary/aromatic N) is 3. The molecule has 1 aromatic heterocycles. The summed E-state index contributed by atoms with van der Waals surface area (Å²) in [6.07, 6.45) is 6.24. The third kappa shape index (κ3) is 4.25. The highest BCUT2D eigenvalue weighted by atomic mass is 16.5. The van der Waals surface area contributed by atoms with Crippen LogP contribution in [0, 0.1) is 0 Å². The molecule has 0 atom stereocenters. The second-order valence-electron chi connectivity index (χ2n) is 7.57. The molecule has 3 aromatic rings. The summed E-state index contributed by atoms with van der Waals surface area (Å²) >= 11 is 0. The fourth-order valence-electron chi connectivity index (χ4n) is 3.81. The van der Waals surface area contributed by atoms with Gasteiger partial charge in [0.1, 0.15) is 17.3 Å². The Hall–Kier alpha value is -2.92. The molecule has 0 N–H and O–H groups in total. The highest BCUT2D eigenvalue weighted by molar-refractivity contribution is 5.79. The maximum Gasteiger partial charge on any atom is 0.153 e. The van der Waals surface area contributed by atoms with Gasteiger partial charge in [0.15, 0.2) is 6.29 Å². The molecule has 150 valence electrons. The fourth-order valence-corrected chi connectivity index (χ4v) is 3.81. The molecule has 5 heteroatoms. The smallest absolute Gasteiger partial charge is 0.153 e. The van der Waals surface area contributed by atoms with Crippen molar-refractivity contribution in [1.82, 2.24) is 14.5 Å². The van der Waals surface area contributed by atoms with E-state index in [4.69, 9.17) is 4.74 Å². The summed E-state index contributed by atoms with van der Waals surface area (Å²) in [6.45, 7) is 5.31. The lowest BCUT2D eigenvalue weighted by atomic mass is 10.1. The normalized spacial score (nSPS) is 14.3. The van der Waals surface area contributed by atoms with Crippen molar-refractivity contribution in [3.8, 4) is 22.8 Å². The summed E-state index contributed by atoms with van der Waals surface area (Å²) in [5.41, 5.74) is 3.89. The van der Waals surface area contributed by atoms with Crippen LogP contribution >= 0.6 is 0 Å². The summed E-state index contributed by atoms with van der Waals surface area (Å²) in [4.78, 5) is 18.4. The van der Waals surface area contributed by atoms with Crippen LogP contribution in [0.3, 0.4) is 0 Å².